The van der Waals surface area contributed by atoms with E-state index in [0.717, 1.165) is 25.7 Å². The zero-order valence-corrected chi connectivity index (χ0v) is 12.1. The number of sulfonamides is 1. The molecule has 0 saturated heterocycles. The van der Waals surface area contributed by atoms with Crippen LogP contribution in [-0.2, 0) is 10.0 Å². The molecular weight excluding hydrogens is 262 g/mol. The molecule has 0 aliphatic heterocycles. The molecule has 2 N–H and O–H groups in total. The molecule has 0 amide bonds. The van der Waals surface area contributed by atoms with Crippen LogP contribution in [0.1, 0.15) is 39.0 Å². The first kappa shape index (κ1) is 14.3. The van der Waals surface area contributed by atoms with E-state index in [-0.39, 0.29) is 16.8 Å². The molecule has 0 spiro atoms. The molecule has 5 nitrogen and oxygen atoms in total. The highest BCUT2D eigenvalue weighted by Gasteiger charge is 2.31. The van der Waals surface area contributed by atoms with Crippen molar-refractivity contribution in [3.63, 3.8) is 0 Å². The summed E-state index contributed by atoms with van der Waals surface area (Å²) in [6.45, 7) is 2.38. The van der Waals surface area contributed by atoms with Crippen LogP contribution in [0.25, 0.3) is 0 Å². The van der Waals surface area contributed by atoms with Crippen LogP contribution < -0.4 is 5.73 Å². The summed E-state index contributed by atoms with van der Waals surface area (Å²) in [7, 11) is -3.46. The fourth-order valence-electron chi connectivity index (χ4n) is 2.72. The molecule has 0 bridgehead atoms. The SMILES string of the molecule is CCN(C1CCCCC1)S(=O)(=O)c1ccnc(N)c1. The van der Waals surface area contributed by atoms with Crippen molar-refractivity contribution in [2.24, 2.45) is 0 Å². The highest BCUT2D eigenvalue weighted by Crippen LogP contribution is 2.27. The average molecular weight is 283 g/mol. The van der Waals surface area contributed by atoms with Crippen LogP contribution in [0.15, 0.2) is 23.2 Å². The number of anilines is 1. The van der Waals surface area contributed by atoms with Gasteiger partial charge in [-0.25, -0.2) is 13.4 Å². The lowest BCUT2D eigenvalue weighted by atomic mass is 9.95. The highest BCUT2D eigenvalue weighted by molar-refractivity contribution is 7.89. The van der Waals surface area contributed by atoms with Gasteiger partial charge < -0.3 is 5.73 Å². The summed E-state index contributed by atoms with van der Waals surface area (Å²) < 4.78 is 26.9. The lowest BCUT2D eigenvalue weighted by Crippen LogP contribution is -2.41. The van der Waals surface area contributed by atoms with Gasteiger partial charge in [0.2, 0.25) is 10.0 Å². The summed E-state index contributed by atoms with van der Waals surface area (Å²) in [5, 5.41) is 0. The molecule has 1 saturated carbocycles. The van der Waals surface area contributed by atoms with Crippen molar-refractivity contribution in [1.29, 1.82) is 0 Å². The minimum absolute atomic E-state index is 0.123. The Bertz CT molecular complexity index is 524. The Morgan fingerprint density at radius 1 is 1.37 bits per heavy atom. The van der Waals surface area contributed by atoms with Gasteiger partial charge in [0.1, 0.15) is 5.82 Å². The maximum atomic E-state index is 12.7. The molecule has 1 aromatic rings. The Balaban J connectivity index is 2.30. The summed E-state index contributed by atoms with van der Waals surface area (Å²) >= 11 is 0. The second kappa shape index (κ2) is 5.88. The van der Waals surface area contributed by atoms with E-state index >= 15 is 0 Å². The number of hydrogen-bond donors (Lipinski definition) is 1. The molecular formula is C13H21N3O2S. The molecule has 0 aromatic carbocycles. The van der Waals surface area contributed by atoms with Crippen LogP contribution in [0.4, 0.5) is 5.82 Å². The van der Waals surface area contributed by atoms with E-state index in [4.69, 9.17) is 5.73 Å². The van der Waals surface area contributed by atoms with E-state index in [1.165, 1.54) is 24.8 Å². The normalized spacial score (nSPS) is 17.8. The van der Waals surface area contributed by atoms with E-state index in [1.807, 2.05) is 6.92 Å². The number of pyridine rings is 1. The molecule has 0 unspecified atom stereocenters. The standard InChI is InChI=1S/C13H21N3O2S/c1-2-16(11-6-4-3-5-7-11)19(17,18)12-8-9-15-13(14)10-12/h8-11H,2-7H2,1H3,(H2,14,15). The highest BCUT2D eigenvalue weighted by atomic mass is 32.2. The molecule has 19 heavy (non-hydrogen) atoms. The van der Waals surface area contributed by atoms with Crippen molar-refractivity contribution in [2.45, 2.75) is 50.0 Å². The van der Waals surface area contributed by atoms with Crippen LogP contribution >= 0.6 is 0 Å². The van der Waals surface area contributed by atoms with Crippen LogP contribution in [0.2, 0.25) is 0 Å². The average Bonchev–Trinajstić information content (AvgIpc) is 2.40. The fraction of sp³-hybridized carbons (Fsp3) is 0.615. The summed E-state index contributed by atoms with van der Waals surface area (Å²) in [4.78, 5) is 4.09. The van der Waals surface area contributed by atoms with Crippen molar-refractivity contribution < 1.29 is 8.42 Å². The molecule has 1 aromatic heterocycles. The first-order valence-corrected chi connectivity index (χ1v) is 8.23. The number of nitrogens with two attached hydrogens (primary N) is 1. The quantitative estimate of drug-likeness (QED) is 0.917. The predicted octanol–water partition coefficient (Wildman–Crippen LogP) is 2.01. The number of hydrogen-bond acceptors (Lipinski definition) is 4. The Kier molecular flexibility index (Phi) is 4.42. The lowest BCUT2D eigenvalue weighted by Gasteiger charge is -2.32. The number of rotatable bonds is 4. The Hall–Kier alpha value is -1.14. The van der Waals surface area contributed by atoms with Gasteiger partial charge in [0.15, 0.2) is 0 Å². The Labute approximate surface area is 114 Å². The third-order valence-electron chi connectivity index (χ3n) is 3.65. The summed E-state index contributed by atoms with van der Waals surface area (Å²) in [6.07, 6.45) is 6.76. The van der Waals surface area contributed by atoms with Crippen LogP contribution in [-0.4, -0.2) is 30.3 Å². The number of nitrogens with zero attached hydrogens (tertiary/aromatic N) is 2. The van der Waals surface area contributed by atoms with Gasteiger partial charge in [-0.2, -0.15) is 4.31 Å². The van der Waals surface area contributed by atoms with Gasteiger partial charge >= 0.3 is 0 Å². The minimum atomic E-state index is -3.46. The molecule has 1 aliphatic carbocycles. The maximum Gasteiger partial charge on any atom is 0.243 e. The third-order valence-corrected chi connectivity index (χ3v) is 5.68. The van der Waals surface area contributed by atoms with Crippen molar-refractivity contribution in [1.82, 2.24) is 9.29 Å². The van der Waals surface area contributed by atoms with Gasteiger partial charge in [0.25, 0.3) is 0 Å². The predicted molar refractivity (Wildman–Crippen MR) is 75.1 cm³/mol. The maximum absolute atomic E-state index is 12.7. The molecule has 106 valence electrons. The molecule has 1 heterocycles. The fourth-order valence-corrected chi connectivity index (χ4v) is 4.43. The summed E-state index contributed by atoms with van der Waals surface area (Å²) in [5.41, 5.74) is 5.58. The van der Waals surface area contributed by atoms with Crippen molar-refractivity contribution >= 4 is 15.8 Å². The smallest absolute Gasteiger partial charge is 0.243 e. The van der Waals surface area contributed by atoms with Crippen molar-refractivity contribution in [2.75, 3.05) is 12.3 Å². The molecule has 0 atom stereocenters. The monoisotopic (exact) mass is 283 g/mol. The molecule has 1 fully saturated rings. The largest absolute Gasteiger partial charge is 0.384 e. The number of aromatic nitrogens is 1. The van der Waals surface area contributed by atoms with Crippen molar-refractivity contribution in [3.05, 3.63) is 18.3 Å². The summed E-state index contributed by atoms with van der Waals surface area (Å²) in [6, 6.07) is 3.07. The van der Waals surface area contributed by atoms with E-state index in [2.05, 4.69) is 4.98 Å². The van der Waals surface area contributed by atoms with Crippen LogP contribution in [0, 0.1) is 0 Å². The van der Waals surface area contributed by atoms with Crippen LogP contribution in [0.3, 0.4) is 0 Å². The minimum Gasteiger partial charge on any atom is -0.384 e. The molecule has 1 aliphatic rings. The van der Waals surface area contributed by atoms with Crippen molar-refractivity contribution in [3.8, 4) is 0 Å². The molecule has 6 heteroatoms. The Morgan fingerprint density at radius 2 is 2.05 bits per heavy atom. The molecule has 0 radical (unpaired) electrons. The van der Waals surface area contributed by atoms with E-state index in [9.17, 15) is 8.42 Å². The van der Waals surface area contributed by atoms with E-state index in [1.54, 1.807) is 4.31 Å². The molecule has 2 rings (SSSR count). The second-order valence-corrected chi connectivity index (χ2v) is 6.81. The van der Waals surface area contributed by atoms with Gasteiger partial charge in [0, 0.05) is 24.8 Å². The lowest BCUT2D eigenvalue weighted by molar-refractivity contribution is 0.261. The first-order valence-electron chi connectivity index (χ1n) is 6.79. The van der Waals surface area contributed by atoms with Gasteiger partial charge in [-0.15, -0.1) is 0 Å². The second-order valence-electron chi connectivity index (χ2n) is 4.92. The van der Waals surface area contributed by atoms with Gasteiger partial charge in [-0.3, -0.25) is 0 Å². The topological polar surface area (TPSA) is 76.3 Å². The third kappa shape index (κ3) is 3.06. The van der Waals surface area contributed by atoms with E-state index in [0.29, 0.717) is 6.54 Å². The zero-order chi connectivity index (χ0) is 13.9. The first-order chi connectivity index (χ1) is 9.05. The number of nitrogen functional groups attached to an aromatic ring is 1. The van der Waals surface area contributed by atoms with Gasteiger partial charge in [-0.1, -0.05) is 26.2 Å². The Morgan fingerprint density at radius 3 is 2.63 bits per heavy atom. The summed E-state index contributed by atoms with van der Waals surface area (Å²) in [5.74, 6) is 0.237. The van der Waals surface area contributed by atoms with Crippen LogP contribution in [0.5, 0.6) is 0 Å². The van der Waals surface area contributed by atoms with Gasteiger partial charge in [-0.05, 0) is 18.9 Å². The van der Waals surface area contributed by atoms with E-state index < -0.39 is 10.0 Å². The van der Waals surface area contributed by atoms with Gasteiger partial charge in [0.05, 0.1) is 4.90 Å². The zero-order valence-electron chi connectivity index (χ0n) is 11.2.